The maximum atomic E-state index is 5.74. The first-order valence-corrected chi connectivity index (χ1v) is 5.44. The fourth-order valence-electron chi connectivity index (χ4n) is 1.15. The lowest BCUT2D eigenvalue weighted by Gasteiger charge is -2.38. The first kappa shape index (κ1) is 6.43. The van der Waals surface area contributed by atoms with Gasteiger partial charge in [-0.3, -0.25) is 10.9 Å². The monoisotopic (exact) mass is 133 g/mol. The largest absolute Gasteiger partial charge is 0.327 e. The first-order chi connectivity index (χ1) is 3.72. The quantitative estimate of drug-likeness (QED) is 0.507. The van der Waals surface area contributed by atoms with Crippen molar-refractivity contribution in [3.8, 4) is 0 Å². The topological polar surface area (TPSA) is 26.0 Å². The van der Waals surface area contributed by atoms with Crippen LogP contribution in [0.15, 0.2) is 0 Å². The molecule has 0 aliphatic heterocycles. The van der Waals surface area contributed by atoms with Crippen LogP contribution in [0.5, 0.6) is 0 Å². The number of nitrogens with two attached hydrogens (primary N) is 1. The third kappa shape index (κ3) is 1.00. The molecule has 0 aromatic rings. The van der Waals surface area contributed by atoms with Crippen LogP contribution in [0.4, 0.5) is 0 Å². The highest BCUT2D eigenvalue weighted by molar-refractivity contribution is 8.16. The highest BCUT2D eigenvalue weighted by atomic mass is 32.2. The van der Waals surface area contributed by atoms with Gasteiger partial charge in [-0.05, 0) is 25.4 Å². The Labute approximate surface area is 54.0 Å². The average molecular weight is 133 g/mol. The molecule has 1 aliphatic rings. The Morgan fingerprint density at radius 1 is 1.38 bits per heavy atom. The molecule has 50 valence electrons. The Morgan fingerprint density at radius 2 is 2.00 bits per heavy atom. The van der Waals surface area contributed by atoms with Crippen LogP contribution in [-0.4, -0.2) is 23.8 Å². The Balaban J connectivity index is 2.26. The molecule has 8 heavy (non-hydrogen) atoms. The van der Waals surface area contributed by atoms with Gasteiger partial charge in [0.15, 0.2) is 0 Å². The minimum absolute atomic E-state index is 0.261. The molecule has 2 N–H and O–H groups in total. The normalized spacial score (nSPS) is 38.6. The summed E-state index contributed by atoms with van der Waals surface area (Å²) in [5.41, 5.74) is 5.74. The summed E-state index contributed by atoms with van der Waals surface area (Å²) in [5.74, 6) is 0. The number of thiol groups is 1. The van der Waals surface area contributed by atoms with Crippen LogP contribution >= 0.6 is 10.9 Å². The summed E-state index contributed by atoms with van der Waals surface area (Å²) < 4.78 is 0. The third-order valence-electron chi connectivity index (χ3n) is 1.95. The maximum Gasteiger partial charge on any atom is 0.0142 e. The van der Waals surface area contributed by atoms with Gasteiger partial charge in [0, 0.05) is 11.3 Å². The number of rotatable bonds is 1. The molecule has 2 atom stereocenters. The van der Waals surface area contributed by atoms with Crippen molar-refractivity contribution >= 4 is 10.9 Å². The second-order valence-electron chi connectivity index (χ2n) is 2.77. The van der Waals surface area contributed by atoms with Gasteiger partial charge in [0.2, 0.25) is 0 Å². The van der Waals surface area contributed by atoms with Crippen molar-refractivity contribution in [3.05, 3.63) is 0 Å². The van der Waals surface area contributed by atoms with Gasteiger partial charge in [0.25, 0.3) is 0 Å². The fourth-order valence-corrected chi connectivity index (χ4v) is 2.73. The van der Waals surface area contributed by atoms with E-state index in [1.165, 1.54) is 12.8 Å². The summed E-state index contributed by atoms with van der Waals surface area (Å²) in [6.07, 6.45) is 7.29. The van der Waals surface area contributed by atoms with Crippen molar-refractivity contribution in [2.45, 2.75) is 24.1 Å². The summed E-state index contributed by atoms with van der Waals surface area (Å²) in [5, 5.41) is 0.894. The van der Waals surface area contributed by atoms with Crippen LogP contribution < -0.4 is 5.73 Å². The lowest BCUT2D eigenvalue weighted by Crippen LogP contribution is -2.43. The highest BCUT2D eigenvalue weighted by Crippen LogP contribution is 2.36. The smallest absolute Gasteiger partial charge is 0.0142 e. The van der Waals surface area contributed by atoms with Crippen molar-refractivity contribution in [3.63, 3.8) is 0 Å². The van der Waals surface area contributed by atoms with Gasteiger partial charge in [-0.1, -0.05) is 0 Å². The molecule has 0 spiro atoms. The summed E-state index contributed by atoms with van der Waals surface area (Å²) in [4.78, 5) is 0. The molecule has 0 heterocycles. The van der Waals surface area contributed by atoms with Crippen molar-refractivity contribution in [1.82, 2.24) is 0 Å². The molecule has 1 saturated carbocycles. The van der Waals surface area contributed by atoms with E-state index in [1.54, 1.807) is 0 Å². The Morgan fingerprint density at radius 3 is 2.00 bits per heavy atom. The van der Waals surface area contributed by atoms with Crippen LogP contribution in [0.25, 0.3) is 0 Å². The van der Waals surface area contributed by atoms with Crippen molar-refractivity contribution in [2.24, 2.45) is 5.73 Å². The van der Waals surface area contributed by atoms with Gasteiger partial charge in [-0.25, -0.2) is 0 Å². The second-order valence-corrected chi connectivity index (χ2v) is 5.36. The predicted octanol–water partition coefficient (Wildman–Crippen LogP) is 0.737. The van der Waals surface area contributed by atoms with Crippen molar-refractivity contribution in [1.29, 1.82) is 0 Å². The summed E-state index contributed by atoms with van der Waals surface area (Å²) in [6.45, 7) is 0. The van der Waals surface area contributed by atoms with Crippen LogP contribution in [0, 0.1) is 0 Å². The van der Waals surface area contributed by atoms with Gasteiger partial charge < -0.3 is 5.73 Å². The van der Waals surface area contributed by atoms with Crippen LogP contribution in [-0.2, 0) is 0 Å². The van der Waals surface area contributed by atoms with E-state index in [0.29, 0.717) is 6.04 Å². The molecule has 0 aromatic heterocycles. The fraction of sp³-hybridized carbons (Fsp3) is 1.00. The Kier molecular flexibility index (Phi) is 1.83. The minimum atomic E-state index is 0.261. The lowest BCUT2D eigenvalue weighted by molar-refractivity contribution is 0.432. The molecular formula is C6H15NS. The van der Waals surface area contributed by atoms with E-state index in [1.807, 2.05) is 0 Å². The highest BCUT2D eigenvalue weighted by Gasteiger charge is 2.27. The van der Waals surface area contributed by atoms with E-state index in [2.05, 4.69) is 12.5 Å². The van der Waals surface area contributed by atoms with E-state index in [9.17, 15) is 0 Å². The van der Waals surface area contributed by atoms with Gasteiger partial charge in [-0.2, -0.15) is 0 Å². The molecular weight excluding hydrogens is 118 g/mol. The van der Waals surface area contributed by atoms with Crippen LogP contribution in [0.3, 0.4) is 0 Å². The maximum absolute atomic E-state index is 5.74. The van der Waals surface area contributed by atoms with E-state index in [4.69, 9.17) is 5.73 Å². The molecule has 1 rings (SSSR count). The number of hydrogen-bond donors (Lipinski definition) is 2. The molecule has 0 amide bonds. The number of hydrogen-bond acceptors (Lipinski definition) is 1. The summed E-state index contributed by atoms with van der Waals surface area (Å²) in [7, 11) is 0.261. The molecule has 2 unspecified atom stereocenters. The van der Waals surface area contributed by atoms with Crippen molar-refractivity contribution < 1.29 is 0 Å². The average Bonchev–Trinajstić information content (AvgIpc) is 1.61. The van der Waals surface area contributed by atoms with E-state index < -0.39 is 0 Å². The second kappa shape index (κ2) is 2.28. The SMILES string of the molecule is C[SH](C)C1CCC1N. The molecule has 0 bridgehead atoms. The van der Waals surface area contributed by atoms with Crippen molar-refractivity contribution in [2.75, 3.05) is 12.5 Å². The molecule has 0 saturated heterocycles. The van der Waals surface area contributed by atoms with E-state index in [-0.39, 0.29) is 10.9 Å². The van der Waals surface area contributed by atoms with Crippen LogP contribution in [0.2, 0.25) is 0 Å². The molecule has 1 nitrogen and oxygen atoms in total. The van der Waals surface area contributed by atoms with Gasteiger partial charge in [0.05, 0.1) is 0 Å². The molecule has 2 heteroatoms. The van der Waals surface area contributed by atoms with E-state index >= 15 is 0 Å². The lowest BCUT2D eigenvalue weighted by atomic mass is 9.93. The molecule has 1 fully saturated rings. The zero-order valence-electron chi connectivity index (χ0n) is 5.59. The van der Waals surface area contributed by atoms with Gasteiger partial charge in [-0.15, -0.1) is 0 Å². The van der Waals surface area contributed by atoms with Gasteiger partial charge >= 0.3 is 0 Å². The predicted molar refractivity (Wildman–Crippen MR) is 41.8 cm³/mol. The van der Waals surface area contributed by atoms with Gasteiger partial charge in [0.1, 0.15) is 0 Å². The van der Waals surface area contributed by atoms with Crippen LogP contribution in [0.1, 0.15) is 12.8 Å². The molecule has 1 aliphatic carbocycles. The third-order valence-corrected chi connectivity index (χ3v) is 3.92. The summed E-state index contributed by atoms with van der Waals surface area (Å²) in [6, 6.07) is 0.552. The Bertz CT molecular complexity index is 77.8. The molecule has 0 radical (unpaired) electrons. The van der Waals surface area contributed by atoms with E-state index in [0.717, 1.165) is 5.25 Å². The first-order valence-electron chi connectivity index (χ1n) is 3.14. The Hall–Kier alpha value is 0.310. The zero-order chi connectivity index (χ0) is 6.15. The minimum Gasteiger partial charge on any atom is -0.327 e. The zero-order valence-corrected chi connectivity index (χ0v) is 6.49. The molecule has 0 aromatic carbocycles. The summed E-state index contributed by atoms with van der Waals surface area (Å²) >= 11 is 0. The standard InChI is InChI=1S/C6H15NS/c1-8(2)6-4-3-5(6)7/h5-6,8H,3-4,7H2,1-2H3.